The van der Waals surface area contributed by atoms with Gasteiger partial charge in [0.1, 0.15) is 0 Å². The van der Waals surface area contributed by atoms with Gasteiger partial charge in [0.15, 0.2) is 10.8 Å². The molecule has 0 unspecified atom stereocenters. The predicted molar refractivity (Wildman–Crippen MR) is 72.7 cm³/mol. The Morgan fingerprint density at radius 1 is 1.56 bits per heavy atom. The van der Waals surface area contributed by atoms with Crippen molar-refractivity contribution in [2.45, 2.75) is 32.7 Å². The number of carboxylic acids is 1. The van der Waals surface area contributed by atoms with Crippen molar-refractivity contribution in [3.63, 3.8) is 0 Å². The zero-order chi connectivity index (χ0) is 13.5. The van der Waals surface area contributed by atoms with Crippen molar-refractivity contribution in [1.82, 2.24) is 4.98 Å². The highest BCUT2D eigenvalue weighted by Gasteiger charge is 2.20. The van der Waals surface area contributed by atoms with Gasteiger partial charge < -0.3 is 14.7 Å². The van der Waals surface area contributed by atoms with Crippen molar-refractivity contribution in [3.05, 3.63) is 11.1 Å². The number of aromatic carboxylic acids is 1. The third-order valence-electron chi connectivity index (χ3n) is 2.88. The van der Waals surface area contributed by atoms with E-state index in [1.54, 1.807) is 12.5 Å². The monoisotopic (exact) mass is 272 g/mol. The first-order valence-corrected chi connectivity index (χ1v) is 6.96. The fourth-order valence-corrected chi connectivity index (χ4v) is 2.75. The molecule has 0 spiro atoms. The minimum absolute atomic E-state index is 0.114. The van der Waals surface area contributed by atoms with Gasteiger partial charge in [-0.1, -0.05) is 13.8 Å². The maximum Gasteiger partial charge on any atom is 0.355 e. The Morgan fingerprint density at radius 2 is 2.22 bits per heavy atom. The highest BCUT2D eigenvalue weighted by Crippen LogP contribution is 2.24. The highest BCUT2D eigenvalue weighted by molar-refractivity contribution is 7.13. The molecule has 0 fully saturated rings. The Labute approximate surface area is 111 Å². The van der Waals surface area contributed by atoms with Crippen molar-refractivity contribution in [3.8, 4) is 0 Å². The van der Waals surface area contributed by atoms with Crippen LogP contribution in [0.15, 0.2) is 5.38 Å². The number of rotatable bonds is 8. The molecule has 1 rings (SSSR count). The van der Waals surface area contributed by atoms with Gasteiger partial charge in [0.05, 0.1) is 6.61 Å². The second-order valence-electron chi connectivity index (χ2n) is 3.98. The molecule has 0 atom stereocenters. The molecular formula is C12H20N2O3S. The number of anilines is 1. The first-order valence-electron chi connectivity index (χ1n) is 6.08. The summed E-state index contributed by atoms with van der Waals surface area (Å²) in [7, 11) is 1.66. The van der Waals surface area contributed by atoms with E-state index in [0.717, 1.165) is 24.5 Å². The molecule has 6 heteroatoms. The second kappa shape index (κ2) is 7.33. The van der Waals surface area contributed by atoms with E-state index in [0.29, 0.717) is 12.6 Å². The fourth-order valence-electron chi connectivity index (χ4n) is 1.85. The van der Waals surface area contributed by atoms with E-state index < -0.39 is 5.97 Å². The van der Waals surface area contributed by atoms with Crippen LogP contribution in [0.25, 0.3) is 0 Å². The molecule has 0 bridgehead atoms. The van der Waals surface area contributed by atoms with Crippen LogP contribution in [0, 0.1) is 0 Å². The molecule has 0 radical (unpaired) electrons. The Balaban J connectivity index is 2.89. The number of carbonyl (C=O) groups is 1. The molecule has 0 aliphatic heterocycles. The van der Waals surface area contributed by atoms with Gasteiger partial charge in [-0.2, -0.15) is 0 Å². The number of aromatic nitrogens is 1. The quantitative estimate of drug-likeness (QED) is 0.787. The van der Waals surface area contributed by atoms with Crippen LogP contribution in [0.5, 0.6) is 0 Å². The van der Waals surface area contributed by atoms with Crippen molar-refractivity contribution in [1.29, 1.82) is 0 Å². The maximum atomic E-state index is 10.9. The Morgan fingerprint density at radius 3 is 2.67 bits per heavy atom. The highest BCUT2D eigenvalue weighted by atomic mass is 32.1. The van der Waals surface area contributed by atoms with Gasteiger partial charge in [-0.15, -0.1) is 11.3 Å². The largest absolute Gasteiger partial charge is 0.476 e. The lowest BCUT2D eigenvalue weighted by Gasteiger charge is -2.29. The van der Waals surface area contributed by atoms with Crippen molar-refractivity contribution in [2.75, 3.05) is 25.2 Å². The van der Waals surface area contributed by atoms with Crippen LogP contribution in [-0.4, -0.2) is 42.4 Å². The van der Waals surface area contributed by atoms with Gasteiger partial charge in [-0.3, -0.25) is 0 Å². The summed E-state index contributed by atoms with van der Waals surface area (Å²) in [5, 5.41) is 11.3. The Kier molecular flexibility index (Phi) is 6.07. The number of thiazole rings is 1. The van der Waals surface area contributed by atoms with E-state index in [1.165, 1.54) is 11.3 Å². The predicted octanol–water partition coefficient (Wildman–Crippen LogP) is 2.48. The third kappa shape index (κ3) is 3.68. The lowest BCUT2D eigenvalue weighted by molar-refractivity contribution is 0.0691. The Bertz CT molecular complexity index is 377. The fraction of sp³-hybridized carbons (Fsp3) is 0.667. The van der Waals surface area contributed by atoms with Crippen molar-refractivity contribution >= 4 is 22.4 Å². The van der Waals surface area contributed by atoms with E-state index in [4.69, 9.17) is 9.84 Å². The van der Waals surface area contributed by atoms with Crippen molar-refractivity contribution < 1.29 is 14.6 Å². The van der Waals surface area contributed by atoms with Crippen LogP contribution in [0.4, 0.5) is 5.13 Å². The summed E-state index contributed by atoms with van der Waals surface area (Å²) in [6, 6.07) is 0.368. The lowest BCUT2D eigenvalue weighted by atomic mass is 10.1. The Hall–Kier alpha value is -1.14. The summed E-state index contributed by atoms with van der Waals surface area (Å²) >= 11 is 1.37. The van der Waals surface area contributed by atoms with Gasteiger partial charge in [0, 0.05) is 25.1 Å². The second-order valence-corrected chi connectivity index (χ2v) is 4.81. The summed E-state index contributed by atoms with van der Waals surface area (Å²) in [6.45, 7) is 5.59. The average Bonchev–Trinajstić information content (AvgIpc) is 2.84. The molecule has 0 aliphatic carbocycles. The molecule has 102 valence electrons. The van der Waals surface area contributed by atoms with Crippen LogP contribution < -0.4 is 4.90 Å². The van der Waals surface area contributed by atoms with Crippen molar-refractivity contribution in [2.24, 2.45) is 0 Å². The summed E-state index contributed by atoms with van der Waals surface area (Å²) in [5.41, 5.74) is 0.114. The molecule has 0 saturated heterocycles. The molecule has 0 saturated carbocycles. The van der Waals surface area contributed by atoms with Crippen LogP contribution in [0.1, 0.15) is 37.2 Å². The summed E-state index contributed by atoms with van der Waals surface area (Å²) < 4.78 is 5.11. The molecule has 1 heterocycles. The van der Waals surface area contributed by atoms with Gasteiger partial charge in [-0.05, 0) is 12.8 Å². The SMILES string of the molecule is CCC(CC)N(CCOC)c1nc(C(=O)O)cs1. The first kappa shape index (κ1) is 14.9. The lowest BCUT2D eigenvalue weighted by Crippen LogP contribution is -2.37. The molecule has 18 heavy (non-hydrogen) atoms. The van der Waals surface area contributed by atoms with E-state index in [1.807, 2.05) is 0 Å². The molecule has 1 aromatic heterocycles. The van der Waals surface area contributed by atoms with Gasteiger partial charge in [0.2, 0.25) is 0 Å². The van der Waals surface area contributed by atoms with Gasteiger partial charge in [-0.25, -0.2) is 9.78 Å². The molecule has 1 aromatic rings. The first-order chi connectivity index (χ1) is 8.63. The zero-order valence-electron chi connectivity index (χ0n) is 11.0. The third-order valence-corrected chi connectivity index (χ3v) is 3.75. The van der Waals surface area contributed by atoms with Crippen LogP contribution in [0.2, 0.25) is 0 Å². The minimum Gasteiger partial charge on any atom is -0.476 e. The summed E-state index contributed by atoms with van der Waals surface area (Å²) in [5.74, 6) is -0.978. The molecule has 0 aromatic carbocycles. The molecule has 5 nitrogen and oxygen atoms in total. The van der Waals surface area contributed by atoms with Gasteiger partial charge in [0.25, 0.3) is 0 Å². The summed E-state index contributed by atoms with van der Waals surface area (Å²) in [6.07, 6.45) is 2.00. The number of hydrogen-bond donors (Lipinski definition) is 1. The summed E-state index contributed by atoms with van der Waals surface area (Å²) in [4.78, 5) is 17.2. The van der Waals surface area contributed by atoms with E-state index in [9.17, 15) is 4.79 Å². The maximum absolute atomic E-state index is 10.9. The minimum atomic E-state index is -0.978. The van der Waals surface area contributed by atoms with Crippen LogP contribution >= 0.6 is 11.3 Å². The standard InChI is InChI=1S/C12H20N2O3S/c1-4-9(5-2)14(6-7-17-3)12-13-10(8-18-12)11(15)16/h8-9H,4-7H2,1-3H3,(H,15,16). The van der Waals surface area contributed by atoms with Crippen LogP contribution in [-0.2, 0) is 4.74 Å². The smallest absolute Gasteiger partial charge is 0.355 e. The average molecular weight is 272 g/mol. The van der Waals surface area contributed by atoms with Crippen LogP contribution in [0.3, 0.4) is 0 Å². The normalized spacial score (nSPS) is 10.9. The van der Waals surface area contributed by atoms with E-state index in [-0.39, 0.29) is 5.69 Å². The number of hydrogen-bond acceptors (Lipinski definition) is 5. The van der Waals surface area contributed by atoms with E-state index in [2.05, 4.69) is 23.7 Å². The number of nitrogens with zero attached hydrogens (tertiary/aromatic N) is 2. The van der Waals surface area contributed by atoms with E-state index >= 15 is 0 Å². The number of carboxylic acid groups (broad SMARTS) is 1. The molecule has 1 N–H and O–H groups in total. The van der Waals surface area contributed by atoms with Gasteiger partial charge >= 0.3 is 5.97 Å². The topological polar surface area (TPSA) is 62.7 Å². The number of methoxy groups -OCH3 is 1. The molecular weight excluding hydrogens is 252 g/mol. The number of ether oxygens (including phenoxy) is 1. The zero-order valence-corrected chi connectivity index (χ0v) is 11.9. The molecule has 0 amide bonds. The molecule has 0 aliphatic rings.